The Morgan fingerprint density at radius 2 is 2.05 bits per heavy atom. The topological polar surface area (TPSA) is 95.4 Å². The molecule has 3 rings (SSSR count). The second kappa shape index (κ2) is 5.35. The van der Waals surface area contributed by atoms with Crippen LogP contribution in [0.4, 0.5) is 11.5 Å². The van der Waals surface area contributed by atoms with E-state index < -0.39 is 0 Å². The van der Waals surface area contributed by atoms with Crippen molar-refractivity contribution in [1.29, 1.82) is 5.26 Å². The Kier molecular flexibility index (Phi) is 3.51. The molecule has 6 nitrogen and oxygen atoms in total. The van der Waals surface area contributed by atoms with Crippen molar-refractivity contribution in [2.75, 3.05) is 23.7 Å². The monoisotopic (exact) mass is 298 g/mol. The van der Waals surface area contributed by atoms with Crippen LogP contribution in [-0.2, 0) is 4.74 Å². The highest BCUT2D eigenvalue weighted by Gasteiger charge is 2.23. The first kappa shape index (κ1) is 14.4. The summed E-state index contributed by atoms with van der Waals surface area (Å²) in [5.41, 5.74) is 7.26. The molecule has 6 heteroatoms. The molecule has 0 amide bonds. The van der Waals surface area contributed by atoms with Crippen LogP contribution >= 0.6 is 0 Å². The number of aromatic hydroxyl groups is 1. The minimum Gasteiger partial charge on any atom is -0.506 e. The summed E-state index contributed by atoms with van der Waals surface area (Å²) in [4.78, 5) is 6.38. The highest BCUT2D eigenvalue weighted by molar-refractivity contribution is 5.92. The molecule has 2 heterocycles. The summed E-state index contributed by atoms with van der Waals surface area (Å²) in [6.07, 6.45) is 0.291. The zero-order valence-corrected chi connectivity index (χ0v) is 12.6. The molecule has 2 unspecified atom stereocenters. The molecule has 22 heavy (non-hydrogen) atoms. The van der Waals surface area contributed by atoms with Crippen molar-refractivity contribution in [2.45, 2.75) is 26.1 Å². The highest BCUT2D eigenvalue weighted by Crippen LogP contribution is 2.33. The zero-order valence-electron chi connectivity index (χ0n) is 12.6. The van der Waals surface area contributed by atoms with E-state index in [1.54, 1.807) is 0 Å². The van der Waals surface area contributed by atoms with Crippen LogP contribution in [0, 0.1) is 11.3 Å². The average Bonchev–Trinajstić information content (AvgIpc) is 2.46. The molecule has 1 fully saturated rings. The maximum atomic E-state index is 10.3. The third-order valence-electron chi connectivity index (χ3n) is 3.87. The molecule has 3 N–H and O–H groups in total. The summed E-state index contributed by atoms with van der Waals surface area (Å²) in [5.74, 6) is -0.0601. The lowest BCUT2D eigenvalue weighted by Crippen LogP contribution is -2.45. The second-order valence-electron chi connectivity index (χ2n) is 5.70. The Labute approximate surface area is 128 Å². The van der Waals surface area contributed by atoms with Crippen LogP contribution in [-0.4, -0.2) is 35.4 Å². The van der Waals surface area contributed by atoms with Gasteiger partial charge in [-0.05, 0) is 32.0 Å². The third kappa shape index (κ3) is 2.40. The van der Waals surface area contributed by atoms with Crippen LogP contribution in [0.2, 0.25) is 0 Å². The van der Waals surface area contributed by atoms with Gasteiger partial charge in [0, 0.05) is 24.2 Å². The van der Waals surface area contributed by atoms with Gasteiger partial charge in [0.2, 0.25) is 0 Å². The van der Waals surface area contributed by atoms with Gasteiger partial charge in [-0.1, -0.05) is 0 Å². The summed E-state index contributed by atoms with van der Waals surface area (Å²) >= 11 is 0. The molecule has 1 aliphatic rings. The smallest absolute Gasteiger partial charge is 0.146 e. The third-order valence-corrected chi connectivity index (χ3v) is 3.87. The van der Waals surface area contributed by atoms with E-state index in [9.17, 15) is 5.11 Å². The van der Waals surface area contributed by atoms with Crippen molar-refractivity contribution in [1.82, 2.24) is 4.98 Å². The largest absolute Gasteiger partial charge is 0.506 e. The molecule has 114 valence electrons. The number of anilines is 2. The number of fused-ring (bicyclic) bond motifs is 1. The number of ether oxygens (including phenoxy) is 1. The predicted molar refractivity (Wildman–Crippen MR) is 84.8 cm³/mol. The lowest BCUT2D eigenvalue weighted by Gasteiger charge is -2.37. The molecule has 0 spiro atoms. The molecule has 1 saturated heterocycles. The molecule has 1 aromatic heterocycles. The predicted octanol–water partition coefficient (Wildman–Crippen LogP) is 2.01. The van der Waals surface area contributed by atoms with Gasteiger partial charge in [0.05, 0.1) is 17.7 Å². The van der Waals surface area contributed by atoms with E-state index in [1.165, 1.54) is 0 Å². The van der Waals surface area contributed by atoms with E-state index in [2.05, 4.69) is 9.88 Å². The number of nitriles is 1. The van der Waals surface area contributed by atoms with E-state index in [0.717, 1.165) is 18.8 Å². The molecule has 1 aliphatic heterocycles. The molecular formula is C16H18N4O2. The first-order chi connectivity index (χ1) is 10.5. The quantitative estimate of drug-likeness (QED) is 0.836. The molecule has 0 radical (unpaired) electrons. The van der Waals surface area contributed by atoms with E-state index >= 15 is 0 Å². The number of morpholine rings is 1. The number of pyridine rings is 1. The SMILES string of the molecule is CC1CN(c2ccc3nc(N)c(C#N)c(O)c3c2)CC(C)O1. The van der Waals surface area contributed by atoms with Crippen LogP contribution in [0.1, 0.15) is 19.4 Å². The van der Waals surface area contributed by atoms with Gasteiger partial charge >= 0.3 is 0 Å². The highest BCUT2D eigenvalue weighted by atomic mass is 16.5. The number of nitrogens with zero attached hydrogens (tertiary/aromatic N) is 3. The van der Waals surface area contributed by atoms with E-state index in [-0.39, 0.29) is 29.3 Å². The van der Waals surface area contributed by atoms with Gasteiger partial charge < -0.3 is 20.5 Å². The number of hydrogen-bond donors (Lipinski definition) is 2. The Morgan fingerprint density at radius 3 is 2.68 bits per heavy atom. The normalized spacial score (nSPS) is 21.8. The Bertz CT molecular complexity index is 759. The first-order valence-corrected chi connectivity index (χ1v) is 7.22. The van der Waals surface area contributed by atoms with Gasteiger partial charge in [0.25, 0.3) is 0 Å². The molecular weight excluding hydrogens is 280 g/mol. The summed E-state index contributed by atoms with van der Waals surface area (Å²) < 4.78 is 5.74. The van der Waals surface area contributed by atoms with Crippen molar-refractivity contribution in [3.63, 3.8) is 0 Å². The summed E-state index contributed by atoms with van der Waals surface area (Å²) in [6, 6.07) is 7.51. The van der Waals surface area contributed by atoms with Gasteiger partial charge in [0.1, 0.15) is 23.2 Å². The van der Waals surface area contributed by atoms with Gasteiger partial charge in [-0.3, -0.25) is 0 Å². The second-order valence-corrected chi connectivity index (χ2v) is 5.70. The van der Waals surface area contributed by atoms with Gasteiger partial charge in [-0.2, -0.15) is 5.26 Å². The minimum atomic E-state index is -0.110. The molecule has 0 aliphatic carbocycles. The van der Waals surface area contributed by atoms with E-state index in [1.807, 2.05) is 38.1 Å². The fourth-order valence-electron chi connectivity index (χ4n) is 2.95. The lowest BCUT2D eigenvalue weighted by molar-refractivity contribution is -0.00520. The number of nitrogens with two attached hydrogens (primary N) is 1. The first-order valence-electron chi connectivity index (χ1n) is 7.22. The molecule has 1 aromatic carbocycles. The van der Waals surface area contributed by atoms with Gasteiger partial charge in [-0.25, -0.2) is 4.98 Å². The zero-order chi connectivity index (χ0) is 15.9. The van der Waals surface area contributed by atoms with E-state index in [0.29, 0.717) is 10.9 Å². The maximum Gasteiger partial charge on any atom is 0.146 e. The number of rotatable bonds is 1. The standard InChI is InChI=1S/C16H18N4O2/c1-9-7-20(8-10(2)22-9)11-3-4-14-12(5-11)15(21)13(6-17)16(18)19-14/h3-5,9-10H,7-8H2,1-2H3,(H3,18,19,21). The lowest BCUT2D eigenvalue weighted by atomic mass is 10.1. The maximum absolute atomic E-state index is 10.3. The number of hydrogen-bond acceptors (Lipinski definition) is 6. The van der Waals surface area contributed by atoms with Gasteiger partial charge in [-0.15, -0.1) is 0 Å². The molecule has 2 aromatic rings. The Hall–Kier alpha value is -2.52. The van der Waals surface area contributed by atoms with Crippen molar-refractivity contribution in [3.05, 3.63) is 23.8 Å². The fourth-order valence-corrected chi connectivity index (χ4v) is 2.95. The average molecular weight is 298 g/mol. The van der Waals surface area contributed by atoms with Gasteiger partial charge in [0.15, 0.2) is 0 Å². The van der Waals surface area contributed by atoms with Crippen molar-refractivity contribution < 1.29 is 9.84 Å². The minimum absolute atomic E-state index is 0.0216. The van der Waals surface area contributed by atoms with Crippen molar-refractivity contribution >= 4 is 22.4 Å². The van der Waals surface area contributed by atoms with Crippen LogP contribution < -0.4 is 10.6 Å². The number of benzene rings is 1. The fraction of sp³-hybridized carbons (Fsp3) is 0.375. The molecule has 0 saturated carbocycles. The Morgan fingerprint density at radius 1 is 1.36 bits per heavy atom. The molecule has 0 bridgehead atoms. The van der Waals surface area contributed by atoms with Crippen molar-refractivity contribution in [2.24, 2.45) is 0 Å². The van der Waals surface area contributed by atoms with Crippen LogP contribution in [0.5, 0.6) is 5.75 Å². The van der Waals surface area contributed by atoms with Crippen LogP contribution in [0.3, 0.4) is 0 Å². The van der Waals surface area contributed by atoms with Crippen LogP contribution in [0.25, 0.3) is 10.9 Å². The summed E-state index contributed by atoms with van der Waals surface area (Å²) in [7, 11) is 0. The van der Waals surface area contributed by atoms with Crippen LogP contribution in [0.15, 0.2) is 18.2 Å². The van der Waals surface area contributed by atoms with Crippen molar-refractivity contribution in [3.8, 4) is 11.8 Å². The summed E-state index contributed by atoms with van der Waals surface area (Å²) in [5, 5.41) is 19.9. The molecule has 2 atom stereocenters. The Balaban J connectivity index is 2.08. The number of nitrogen functional groups attached to an aromatic ring is 1. The number of aromatic nitrogens is 1. The summed E-state index contributed by atoms with van der Waals surface area (Å²) in [6.45, 7) is 5.64. The van der Waals surface area contributed by atoms with E-state index in [4.69, 9.17) is 15.7 Å².